The van der Waals surface area contributed by atoms with Crippen LogP contribution < -0.4 is 10.1 Å². The van der Waals surface area contributed by atoms with E-state index in [4.69, 9.17) is 16.3 Å². The first kappa shape index (κ1) is 16.1. The first-order valence-corrected chi connectivity index (χ1v) is 8.62. The molecule has 0 spiro atoms. The fraction of sp³-hybridized carbons (Fsp3) is 0.250. The molecule has 0 unspecified atom stereocenters. The SMILES string of the molecule is O=C(Nc1ccc(F)c(Cl)c1)c1ccc(O[C@H]2CCSC2)nc1. The van der Waals surface area contributed by atoms with E-state index in [0.717, 1.165) is 17.9 Å². The number of carbonyl (C=O) groups is 1. The molecule has 2 heterocycles. The fourth-order valence-electron chi connectivity index (χ4n) is 2.14. The highest BCUT2D eigenvalue weighted by atomic mass is 35.5. The van der Waals surface area contributed by atoms with E-state index in [-0.39, 0.29) is 17.0 Å². The summed E-state index contributed by atoms with van der Waals surface area (Å²) in [6, 6.07) is 7.33. The van der Waals surface area contributed by atoms with Crippen LogP contribution in [0, 0.1) is 5.82 Å². The molecule has 0 bridgehead atoms. The van der Waals surface area contributed by atoms with Crippen LogP contribution in [0.2, 0.25) is 5.02 Å². The van der Waals surface area contributed by atoms with Crippen LogP contribution in [-0.2, 0) is 0 Å². The molecule has 1 aliphatic heterocycles. The predicted molar refractivity (Wildman–Crippen MR) is 90.0 cm³/mol. The van der Waals surface area contributed by atoms with Crippen LogP contribution in [0.1, 0.15) is 16.8 Å². The van der Waals surface area contributed by atoms with Gasteiger partial charge in [-0.2, -0.15) is 11.8 Å². The number of benzene rings is 1. The van der Waals surface area contributed by atoms with Gasteiger partial charge in [-0.15, -0.1) is 0 Å². The molecule has 1 aromatic heterocycles. The highest BCUT2D eigenvalue weighted by molar-refractivity contribution is 7.99. The number of carbonyl (C=O) groups excluding carboxylic acids is 1. The average molecular weight is 353 g/mol. The monoisotopic (exact) mass is 352 g/mol. The standard InChI is InChI=1S/C16H14ClFN2O2S/c17-13-7-11(2-3-14(13)18)20-16(21)10-1-4-15(19-8-10)22-12-5-6-23-9-12/h1-4,7-8,12H,5-6,9H2,(H,20,21)/t12-/m0/s1. The number of thioether (sulfide) groups is 1. The van der Waals surface area contributed by atoms with Crippen molar-refractivity contribution in [2.75, 3.05) is 16.8 Å². The Hall–Kier alpha value is -1.79. The maximum Gasteiger partial charge on any atom is 0.257 e. The molecule has 3 rings (SSSR count). The summed E-state index contributed by atoms with van der Waals surface area (Å²) < 4.78 is 18.8. The largest absolute Gasteiger partial charge is 0.473 e. The van der Waals surface area contributed by atoms with Crippen molar-refractivity contribution in [2.24, 2.45) is 0 Å². The molecule has 120 valence electrons. The smallest absolute Gasteiger partial charge is 0.257 e. The molecule has 1 saturated heterocycles. The van der Waals surface area contributed by atoms with E-state index in [1.165, 1.54) is 24.4 Å². The number of pyridine rings is 1. The lowest BCUT2D eigenvalue weighted by Crippen LogP contribution is -2.16. The molecule has 0 aliphatic carbocycles. The highest BCUT2D eigenvalue weighted by Gasteiger charge is 2.17. The van der Waals surface area contributed by atoms with Gasteiger partial charge < -0.3 is 10.1 Å². The number of rotatable bonds is 4. The van der Waals surface area contributed by atoms with Crippen molar-refractivity contribution in [3.63, 3.8) is 0 Å². The number of hydrogen-bond donors (Lipinski definition) is 1. The number of nitrogens with one attached hydrogen (secondary N) is 1. The molecule has 0 saturated carbocycles. The van der Waals surface area contributed by atoms with Gasteiger partial charge in [0.15, 0.2) is 0 Å². The Balaban J connectivity index is 1.63. The maximum absolute atomic E-state index is 13.1. The highest BCUT2D eigenvalue weighted by Crippen LogP contribution is 2.22. The Morgan fingerprint density at radius 3 is 2.91 bits per heavy atom. The Morgan fingerprint density at radius 1 is 1.39 bits per heavy atom. The van der Waals surface area contributed by atoms with Gasteiger partial charge in [0, 0.05) is 23.7 Å². The summed E-state index contributed by atoms with van der Waals surface area (Å²) in [4.78, 5) is 16.3. The molecular weight excluding hydrogens is 339 g/mol. The van der Waals surface area contributed by atoms with Crippen LogP contribution in [0.5, 0.6) is 5.88 Å². The molecule has 1 atom stereocenters. The summed E-state index contributed by atoms with van der Waals surface area (Å²) >= 11 is 7.55. The van der Waals surface area contributed by atoms with Gasteiger partial charge in [0.2, 0.25) is 5.88 Å². The average Bonchev–Trinajstić information content (AvgIpc) is 3.04. The van der Waals surface area contributed by atoms with Gasteiger partial charge in [0.1, 0.15) is 11.9 Å². The van der Waals surface area contributed by atoms with E-state index in [1.807, 2.05) is 11.8 Å². The summed E-state index contributed by atoms with van der Waals surface area (Å²) in [5, 5.41) is 2.60. The summed E-state index contributed by atoms with van der Waals surface area (Å²) in [6.45, 7) is 0. The molecule has 1 fully saturated rings. The Bertz CT molecular complexity index is 706. The molecule has 4 nitrogen and oxygen atoms in total. The Morgan fingerprint density at radius 2 is 2.26 bits per heavy atom. The third-order valence-corrected chi connectivity index (χ3v) is 4.77. The van der Waals surface area contributed by atoms with Crippen molar-refractivity contribution < 1.29 is 13.9 Å². The zero-order valence-electron chi connectivity index (χ0n) is 12.1. The minimum atomic E-state index is -0.530. The van der Waals surface area contributed by atoms with Crippen molar-refractivity contribution in [3.8, 4) is 5.88 Å². The van der Waals surface area contributed by atoms with Gasteiger partial charge in [0.05, 0.1) is 10.6 Å². The summed E-state index contributed by atoms with van der Waals surface area (Å²) in [5.74, 6) is 1.71. The third kappa shape index (κ3) is 4.14. The molecule has 1 aliphatic rings. The van der Waals surface area contributed by atoms with Crippen LogP contribution >= 0.6 is 23.4 Å². The second-order valence-corrected chi connectivity index (χ2v) is 6.63. The van der Waals surface area contributed by atoms with Gasteiger partial charge in [-0.25, -0.2) is 9.37 Å². The lowest BCUT2D eigenvalue weighted by molar-refractivity contribution is 0.102. The Kier molecular flexibility index (Phi) is 5.03. The number of hydrogen-bond acceptors (Lipinski definition) is 4. The molecule has 1 aromatic carbocycles. The van der Waals surface area contributed by atoms with Crippen LogP contribution in [-0.4, -0.2) is 28.5 Å². The van der Waals surface area contributed by atoms with Crippen LogP contribution in [0.4, 0.5) is 10.1 Å². The zero-order chi connectivity index (χ0) is 16.2. The summed E-state index contributed by atoms with van der Waals surface area (Å²) in [6.07, 6.45) is 2.66. The number of ether oxygens (including phenoxy) is 1. The molecule has 1 amide bonds. The van der Waals surface area contributed by atoms with E-state index in [1.54, 1.807) is 12.1 Å². The van der Waals surface area contributed by atoms with Crippen molar-refractivity contribution in [2.45, 2.75) is 12.5 Å². The lowest BCUT2D eigenvalue weighted by Gasteiger charge is -2.11. The quantitative estimate of drug-likeness (QED) is 0.903. The Labute approximate surface area is 142 Å². The molecular formula is C16H14ClFN2O2S. The first-order valence-electron chi connectivity index (χ1n) is 7.08. The molecule has 1 N–H and O–H groups in total. The molecule has 0 radical (unpaired) electrons. The summed E-state index contributed by atoms with van der Waals surface area (Å²) in [5.41, 5.74) is 0.809. The van der Waals surface area contributed by atoms with Gasteiger partial charge in [-0.1, -0.05) is 11.6 Å². The topological polar surface area (TPSA) is 51.2 Å². The zero-order valence-corrected chi connectivity index (χ0v) is 13.7. The first-order chi connectivity index (χ1) is 11.1. The van der Waals surface area contributed by atoms with Crippen LogP contribution in [0.3, 0.4) is 0 Å². The fourth-order valence-corrected chi connectivity index (χ4v) is 3.41. The normalized spacial score (nSPS) is 17.0. The number of halogens is 2. The predicted octanol–water partition coefficient (Wildman–Crippen LogP) is 4.01. The van der Waals surface area contributed by atoms with E-state index in [0.29, 0.717) is 17.1 Å². The van der Waals surface area contributed by atoms with E-state index in [9.17, 15) is 9.18 Å². The van der Waals surface area contributed by atoms with Crippen molar-refractivity contribution >= 4 is 35.0 Å². The summed E-state index contributed by atoms with van der Waals surface area (Å²) in [7, 11) is 0. The van der Waals surface area contributed by atoms with Crippen LogP contribution in [0.25, 0.3) is 0 Å². The van der Waals surface area contributed by atoms with E-state index in [2.05, 4.69) is 10.3 Å². The molecule has 23 heavy (non-hydrogen) atoms. The second kappa shape index (κ2) is 7.19. The van der Waals surface area contributed by atoms with E-state index < -0.39 is 5.82 Å². The molecule has 7 heteroatoms. The maximum atomic E-state index is 13.1. The number of nitrogens with zero attached hydrogens (tertiary/aromatic N) is 1. The second-order valence-electron chi connectivity index (χ2n) is 5.07. The lowest BCUT2D eigenvalue weighted by atomic mass is 10.2. The van der Waals surface area contributed by atoms with Crippen LogP contribution in [0.15, 0.2) is 36.5 Å². The third-order valence-electron chi connectivity index (χ3n) is 3.35. The molecule has 2 aromatic rings. The van der Waals surface area contributed by atoms with E-state index >= 15 is 0 Å². The van der Waals surface area contributed by atoms with Crippen molar-refractivity contribution in [1.82, 2.24) is 4.98 Å². The van der Waals surface area contributed by atoms with Crippen molar-refractivity contribution in [1.29, 1.82) is 0 Å². The number of aromatic nitrogens is 1. The van der Waals surface area contributed by atoms with Crippen molar-refractivity contribution in [3.05, 3.63) is 52.9 Å². The van der Waals surface area contributed by atoms with Gasteiger partial charge in [0.25, 0.3) is 5.91 Å². The van der Waals surface area contributed by atoms with Gasteiger partial charge >= 0.3 is 0 Å². The number of anilines is 1. The van der Waals surface area contributed by atoms with Gasteiger partial charge in [-0.05, 0) is 36.4 Å². The number of amides is 1. The minimum Gasteiger partial charge on any atom is -0.473 e. The van der Waals surface area contributed by atoms with Gasteiger partial charge in [-0.3, -0.25) is 4.79 Å². The minimum absolute atomic E-state index is 0.0425.